The van der Waals surface area contributed by atoms with Gasteiger partial charge in [-0.1, -0.05) is 6.07 Å². The Bertz CT molecular complexity index is 347. The van der Waals surface area contributed by atoms with E-state index >= 15 is 0 Å². The number of likely N-dealkylation sites (N-methyl/N-ethyl adjacent to an activating group) is 1. The number of nitrogens with zero attached hydrogens (tertiary/aromatic N) is 1. The molecule has 0 heterocycles. The van der Waals surface area contributed by atoms with Gasteiger partial charge in [0.05, 0.1) is 25.5 Å². The van der Waals surface area contributed by atoms with Gasteiger partial charge in [0.1, 0.15) is 0 Å². The highest BCUT2D eigenvalue weighted by Gasteiger charge is 2.06. The molecule has 0 amide bonds. The van der Waals surface area contributed by atoms with Crippen molar-refractivity contribution in [3.05, 3.63) is 28.2 Å². The fourth-order valence-electron chi connectivity index (χ4n) is 1.48. The monoisotopic (exact) mass is 302 g/mol. The van der Waals surface area contributed by atoms with Gasteiger partial charge in [-0.15, -0.1) is 0 Å². The first kappa shape index (κ1) is 14.4. The third-order valence-corrected chi connectivity index (χ3v) is 3.10. The maximum atomic E-state index is 8.59. The van der Waals surface area contributed by atoms with Crippen LogP contribution in [0.5, 0.6) is 0 Å². The molecule has 17 heavy (non-hydrogen) atoms. The van der Waals surface area contributed by atoms with Gasteiger partial charge < -0.3 is 20.5 Å². The number of nitrogens with two attached hydrogens (primary N) is 1. The Labute approximate surface area is 110 Å². The molecule has 0 unspecified atom stereocenters. The molecule has 0 atom stereocenters. The van der Waals surface area contributed by atoms with Crippen LogP contribution < -0.4 is 10.6 Å². The highest BCUT2D eigenvalue weighted by molar-refractivity contribution is 9.10. The highest BCUT2D eigenvalue weighted by Crippen LogP contribution is 2.26. The van der Waals surface area contributed by atoms with Crippen molar-refractivity contribution in [3.63, 3.8) is 0 Å². The molecule has 4 nitrogen and oxygen atoms in total. The van der Waals surface area contributed by atoms with E-state index in [1.54, 1.807) is 0 Å². The molecule has 0 bridgehead atoms. The summed E-state index contributed by atoms with van der Waals surface area (Å²) in [6.45, 7) is 2.38. The standard InChI is InChI=1S/C12H19BrN2O2/c1-15(4-6-17-7-5-16)12-3-2-10(9-14)8-11(12)13/h2-3,8,16H,4-7,9,14H2,1H3. The summed E-state index contributed by atoms with van der Waals surface area (Å²) in [7, 11) is 2.00. The van der Waals surface area contributed by atoms with E-state index in [-0.39, 0.29) is 6.61 Å². The summed E-state index contributed by atoms with van der Waals surface area (Å²) in [5.41, 5.74) is 7.79. The number of benzene rings is 1. The topological polar surface area (TPSA) is 58.7 Å². The molecule has 0 aliphatic rings. The number of anilines is 1. The van der Waals surface area contributed by atoms with Crippen molar-refractivity contribution in [2.24, 2.45) is 5.73 Å². The van der Waals surface area contributed by atoms with E-state index in [0.717, 1.165) is 22.3 Å². The average molecular weight is 303 g/mol. The molecule has 1 rings (SSSR count). The summed E-state index contributed by atoms with van der Waals surface area (Å²) in [6, 6.07) is 6.09. The number of halogens is 1. The van der Waals surface area contributed by atoms with Gasteiger partial charge in [0.15, 0.2) is 0 Å². The predicted octanol–water partition coefficient (Wildman–Crippen LogP) is 1.35. The van der Waals surface area contributed by atoms with Crippen LogP contribution in [-0.2, 0) is 11.3 Å². The van der Waals surface area contributed by atoms with Gasteiger partial charge in [-0.2, -0.15) is 0 Å². The average Bonchev–Trinajstić information content (AvgIpc) is 2.34. The normalized spacial score (nSPS) is 10.6. The Morgan fingerprint density at radius 3 is 2.76 bits per heavy atom. The van der Waals surface area contributed by atoms with Crippen molar-refractivity contribution in [1.82, 2.24) is 0 Å². The zero-order valence-corrected chi connectivity index (χ0v) is 11.6. The Morgan fingerprint density at radius 1 is 1.41 bits per heavy atom. The van der Waals surface area contributed by atoms with Crippen LogP contribution in [0.1, 0.15) is 5.56 Å². The van der Waals surface area contributed by atoms with E-state index in [9.17, 15) is 0 Å². The van der Waals surface area contributed by atoms with Crippen LogP contribution in [0.2, 0.25) is 0 Å². The first-order valence-electron chi connectivity index (χ1n) is 5.57. The molecule has 3 N–H and O–H groups in total. The zero-order chi connectivity index (χ0) is 12.7. The summed E-state index contributed by atoms with van der Waals surface area (Å²) in [6.07, 6.45) is 0. The molecular formula is C12H19BrN2O2. The van der Waals surface area contributed by atoms with Crippen molar-refractivity contribution >= 4 is 21.6 Å². The first-order chi connectivity index (χ1) is 8.19. The van der Waals surface area contributed by atoms with E-state index in [0.29, 0.717) is 19.8 Å². The minimum absolute atomic E-state index is 0.0681. The fraction of sp³-hybridized carbons (Fsp3) is 0.500. The van der Waals surface area contributed by atoms with E-state index in [1.165, 1.54) is 0 Å². The minimum atomic E-state index is 0.0681. The SMILES string of the molecule is CN(CCOCCO)c1ccc(CN)cc1Br. The van der Waals surface area contributed by atoms with Gasteiger partial charge in [-0.3, -0.25) is 0 Å². The van der Waals surface area contributed by atoms with Crippen LogP contribution in [0.25, 0.3) is 0 Å². The number of aliphatic hydroxyl groups is 1. The van der Waals surface area contributed by atoms with Gasteiger partial charge >= 0.3 is 0 Å². The molecule has 96 valence electrons. The largest absolute Gasteiger partial charge is 0.394 e. The molecular weight excluding hydrogens is 284 g/mol. The van der Waals surface area contributed by atoms with E-state index < -0.39 is 0 Å². The van der Waals surface area contributed by atoms with Crippen LogP contribution >= 0.6 is 15.9 Å². The molecule has 0 aromatic heterocycles. The molecule has 5 heteroatoms. The van der Waals surface area contributed by atoms with Crippen molar-refractivity contribution in [3.8, 4) is 0 Å². The molecule has 0 aliphatic carbocycles. The van der Waals surface area contributed by atoms with Crippen LogP contribution in [0, 0.1) is 0 Å². The Kier molecular flexibility index (Phi) is 6.50. The second-order valence-electron chi connectivity index (χ2n) is 3.75. The van der Waals surface area contributed by atoms with Gasteiger partial charge in [0, 0.05) is 24.6 Å². The number of hydrogen-bond donors (Lipinski definition) is 2. The van der Waals surface area contributed by atoms with Gasteiger partial charge in [-0.05, 0) is 33.6 Å². The molecule has 1 aromatic carbocycles. The third-order valence-electron chi connectivity index (χ3n) is 2.47. The quantitative estimate of drug-likeness (QED) is 0.747. The van der Waals surface area contributed by atoms with Crippen molar-refractivity contribution in [2.75, 3.05) is 38.3 Å². The fourth-order valence-corrected chi connectivity index (χ4v) is 2.20. The Balaban J connectivity index is 2.53. The molecule has 1 aromatic rings. The van der Waals surface area contributed by atoms with Crippen LogP contribution in [0.15, 0.2) is 22.7 Å². The number of rotatable bonds is 7. The molecule has 0 radical (unpaired) electrons. The summed E-state index contributed by atoms with van der Waals surface area (Å²) in [4.78, 5) is 2.10. The lowest BCUT2D eigenvalue weighted by Crippen LogP contribution is -2.23. The smallest absolute Gasteiger partial charge is 0.0698 e. The third kappa shape index (κ3) is 4.63. The van der Waals surface area contributed by atoms with Crippen molar-refractivity contribution in [2.45, 2.75) is 6.54 Å². The number of hydrogen-bond acceptors (Lipinski definition) is 4. The minimum Gasteiger partial charge on any atom is -0.394 e. The van der Waals surface area contributed by atoms with E-state index in [1.807, 2.05) is 25.2 Å². The van der Waals surface area contributed by atoms with Crippen molar-refractivity contribution in [1.29, 1.82) is 0 Å². The molecule has 0 saturated heterocycles. The summed E-state index contributed by atoms with van der Waals surface area (Å²) >= 11 is 3.53. The first-order valence-corrected chi connectivity index (χ1v) is 6.36. The maximum absolute atomic E-state index is 8.59. The highest BCUT2D eigenvalue weighted by atomic mass is 79.9. The lowest BCUT2D eigenvalue weighted by Gasteiger charge is -2.21. The van der Waals surface area contributed by atoms with E-state index in [4.69, 9.17) is 15.6 Å². The van der Waals surface area contributed by atoms with Crippen LogP contribution in [0.4, 0.5) is 5.69 Å². The predicted molar refractivity (Wildman–Crippen MR) is 73.2 cm³/mol. The lowest BCUT2D eigenvalue weighted by atomic mass is 10.2. The number of ether oxygens (including phenoxy) is 1. The zero-order valence-electron chi connectivity index (χ0n) is 10.0. The van der Waals surface area contributed by atoms with E-state index in [2.05, 4.69) is 20.8 Å². The van der Waals surface area contributed by atoms with Crippen LogP contribution in [-0.4, -0.2) is 38.5 Å². The summed E-state index contributed by atoms with van der Waals surface area (Å²) in [5.74, 6) is 0. The molecule has 0 aliphatic heterocycles. The molecule has 0 spiro atoms. The van der Waals surface area contributed by atoms with Crippen molar-refractivity contribution < 1.29 is 9.84 Å². The summed E-state index contributed by atoms with van der Waals surface area (Å²) < 4.78 is 6.27. The second-order valence-corrected chi connectivity index (χ2v) is 4.60. The number of aliphatic hydroxyl groups excluding tert-OH is 1. The summed E-state index contributed by atoms with van der Waals surface area (Å²) in [5, 5.41) is 8.59. The van der Waals surface area contributed by atoms with Gasteiger partial charge in [-0.25, -0.2) is 0 Å². The lowest BCUT2D eigenvalue weighted by molar-refractivity contribution is 0.0971. The second kappa shape index (κ2) is 7.66. The van der Waals surface area contributed by atoms with Gasteiger partial charge in [0.2, 0.25) is 0 Å². The Hall–Kier alpha value is -0.620. The maximum Gasteiger partial charge on any atom is 0.0698 e. The molecule has 0 saturated carbocycles. The van der Waals surface area contributed by atoms with Crippen LogP contribution in [0.3, 0.4) is 0 Å². The molecule has 0 fully saturated rings. The van der Waals surface area contributed by atoms with Gasteiger partial charge in [0.25, 0.3) is 0 Å². The Morgan fingerprint density at radius 2 is 2.18 bits per heavy atom.